The van der Waals surface area contributed by atoms with E-state index in [0.29, 0.717) is 17.6 Å². The van der Waals surface area contributed by atoms with Crippen LogP contribution in [0.3, 0.4) is 0 Å². The monoisotopic (exact) mass is 251 g/mol. The number of hydrogen-bond acceptors (Lipinski definition) is 5. The number of ether oxygens (including phenoxy) is 1. The minimum atomic E-state index is -0.487. The van der Waals surface area contributed by atoms with Gasteiger partial charge in [-0.1, -0.05) is 5.16 Å². The zero-order chi connectivity index (χ0) is 12.8. The maximum absolute atomic E-state index is 6.30. The van der Waals surface area contributed by atoms with E-state index < -0.39 is 5.54 Å². The Morgan fingerprint density at radius 3 is 2.61 bits per heavy atom. The summed E-state index contributed by atoms with van der Waals surface area (Å²) in [7, 11) is 1.73. The van der Waals surface area contributed by atoms with E-state index in [1.54, 1.807) is 7.11 Å². The maximum atomic E-state index is 6.30. The van der Waals surface area contributed by atoms with Gasteiger partial charge in [0.2, 0.25) is 11.7 Å². The molecule has 5 nitrogen and oxygen atoms in total. The molecule has 1 aromatic rings. The van der Waals surface area contributed by atoms with E-state index in [2.05, 4.69) is 10.1 Å². The molecule has 0 radical (unpaired) electrons. The summed E-state index contributed by atoms with van der Waals surface area (Å²) in [5.74, 6) is 1.71. The molecule has 18 heavy (non-hydrogen) atoms. The minimum Gasteiger partial charge on any atom is -0.370 e. The third-order valence-electron chi connectivity index (χ3n) is 4.52. The Kier molecular flexibility index (Phi) is 2.71. The van der Waals surface area contributed by atoms with E-state index in [1.807, 2.05) is 6.92 Å². The van der Waals surface area contributed by atoms with Crippen molar-refractivity contribution in [2.45, 2.75) is 56.6 Å². The van der Waals surface area contributed by atoms with E-state index >= 15 is 0 Å². The van der Waals surface area contributed by atoms with E-state index in [-0.39, 0.29) is 5.60 Å². The fourth-order valence-electron chi connectivity index (χ4n) is 2.95. The Labute approximate surface area is 107 Å². The van der Waals surface area contributed by atoms with Crippen LogP contribution in [0, 0.1) is 5.92 Å². The highest BCUT2D eigenvalue weighted by Gasteiger charge is 2.46. The van der Waals surface area contributed by atoms with Gasteiger partial charge in [-0.05, 0) is 51.4 Å². The first-order valence-electron chi connectivity index (χ1n) is 6.77. The summed E-state index contributed by atoms with van der Waals surface area (Å²) in [4.78, 5) is 4.54. The second kappa shape index (κ2) is 4.03. The van der Waals surface area contributed by atoms with Gasteiger partial charge in [0.1, 0.15) is 5.60 Å². The van der Waals surface area contributed by atoms with Gasteiger partial charge in [-0.15, -0.1) is 0 Å². The van der Waals surface area contributed by atoms with Crippen LogP contribution in [-0.2, 0) is 15.9 Å². The molecule has 1 unspecified atom stereocenters. The second-order valence-electron chi connectivity index (χ2n) is 5.89. The fraction of sp³-hybridized carbons (Fsp3) is 0.846. The van der Waals surface area contributed by atoms with Gasteiger partial charge in [0, 0.05) is 7.11 Å². The summed E-state index contributed by atoms with van der Waals surface area (Å²) in [6.07, 6.45) is 6.54. The van der Waals surface area contributed by atoms with E-state index in [9.17, 15) is 0 Å². The van der Waals surface area contributed by atoms with Gasteiger partial charge in [-0.2, -0.15) is 4.98 Å². The summed E-state index contributed by atoms with van der Waals surface area (Å²) in [6, 6.07) is 0. The Balaban J connectivity index is 1.88. The first-order valence-corrected chi connectivity index (χ1v) is 6.77. The summed E-state index contributed by atoms with van der Waals surface area (Å²) < 4.78 is 11.1. The Hall–Kier alpha value is -0.940. The lowest BCUT2D eigenvalue weighted by Gasteiger charge is -2.23. The van der Waals surface area contributed by atoms with Crippen molar-refractivity contribution in [2.75, 3.05) is 7.11 Å². The van der Waals surface area contributed by atoms with Crippen LogP contribution in [0.15, 0.2) is 4.52 Å². The number of nitrogens with two attached hydrogens (primary N) is 1. The standard InChI is InChI=1S/C13H21N3O2/c1-12(14,9-5-6-9)11-15-10(16-18-11)13(17-2)7-3-4-8-13/h9H,3-8,14H2,1-2H3. The highest BCUT2D eigenvalue weighted by molar-refractivity contribution is 5.11. The lowest BCUT2D eigenvalue weighted by molar-refractivity contribution is -0.0178. The summed E-state index contributed by atoms with van der Waals surface area (Å²) >= 11 is 0. The van der Waals surface area contributed by atoms with Crippen molar-refractivity contribution < 1.29 is 9.26 Å². The van der Waals surface area contributed by atoms with Crippen molar-refractivity contribution in [2.24, 2.45) is 11.7 Å². The fourth-order valence-corrected chi connectivity index (χ4v) is 2.95. The normalized spacial score (nSPS) is 26.2. The summed E-state index contributed by atoms with van der Waals surface area (Å²) in [5, 5.41) is 4.13. The molecule has 2 fully saturated rings. The Bertz CT molecular complexity index is 431. The third kappa shape index (κ3) is 1.77. The van der Waals surface area contributed by atoms with Crippen molar-refractivity contribution >= 4 is 0 Å². The highest BCUT2D eigenvalue weighted by Crippen LogP contribution is 2.45. The largest absolute Gasteiger partial charge is 0.370 e. The van der Waals surface area contributed by atoms with Crippen LogP contribution in [0.4, 0.5) is 0 Å². The molecule has 2 aliphatic carbocycles. The average Bonchev–Trinajstić information content (AvgIpc) is 2.93. The van der Waals surface area contributed by atoms with Crippen LogP contribution >= 0.6 is 0 Å². The van der Waals surface area contributed by atoms with Gasteiger partial charge in [0.15, 0.2) is 0 Å². The Morgan fingerprint density at radius 2 is 2.06 bits per heavy atom. The van der Waals surface area contributed by atoms with E-state index in [1.165, 1.54) is 0 Å². The van der Waals surface area contributed by atoms with Crippen LogP contribution in [0.25, 0.3) is 0 Å². The molecule has 1 heterocycles. The molecule has 0 spiro atoms. The lowest BCUT2D eigenvalue weighted by Crippen LogP contribution is -2.36. The molecule has 100 valence electrons. The van der Waals surface area contributed by atoms with Gasteiger partial charge in [-0.25, -0.2) is 0 Å². The van der Waals surface area contributed by atoms with Crippen LogP contribution in [0.1, 0.15) is 57.2 Å². The van der Waals surface area contributed by atoms with Crippen molar-refractivity contribution in [1.29, 1.82) is 0 Å². The number of aromatic nitrogens is 2. The number of hydrogen-bond donors (Lipinski definition) is 1. The smallest absolute Gasteiger partial charge is 0.246 e. The molecule has 0 saturated heterocycles. The van der Waals surface area contributed by atoms with Crippen molar-refractivity contribution in [1.82, 2.24) is 10.1 Å². The van der Waals surface area contributed by atoms with E-state index in [0.717, 1.165) is 38.5 Å². The van der Waals surface area contributed by atoms with Gasteiger partial charge >= 0.3 is 0 Å². The first-order chi connectivity index (χ1) is 8.58. The van der Waals surface area contributed by atoms with Gasteiger partial charge in [-0.3, -0.25) is 0 Å². The molecule has 0 aromatic carbocycles. The molecule has 2 saturated carbocycles. The first kappa shape index (κ1) is 12.1. The number of nitrogens with zero attached hydrogens (tertiary/aromatic N) is 2. The quantitative estimate of drug-likeness (QED) is 0.886. The topological polar surface area (TPSA) is 74.2 Å². The van der Waals surface area contributed by atoms with Crippen molar-refractivity contribution in [3.05, 3.63) is 11.7 Å². The zero-order valence-corrected chi connectivity index (χ0v) is 11.1. The van der Waals surface area contributed by atoms with Crippen molar-refractivity contribution in [3.8, 4) is 0 Å². The SMILES string of the molecule is COC1(c2noc(C(C)(N)C3CC3)n2)CCCC1. The maximum Gasteiger partial charge on any atom is 0.246 e. The molecule has 0 aliphatic heterocycles. The molecule has 3 rings (SSSR count). The predicted octanol–water partition coefficient (Wildman–Crippen LogP) is 2.07. The molecule has 5 heteroatoms. The molecule has 0 bridgehead atoms. The molecular formula is C13H21N3O2. The lowest BCUT2D eigenvalue weighted by atomic mass is 9.97. The molecule has 2 aliphatic rings. The zero-order valence-electron chi connectivity index (χ0n) is 11.1. The van der Waals surface area contributed by atoms with Crippen LogP contribution in [0.2, 0.25) is 0 Å². The van der Waals surface area contributed by atoms with Crippen molar-refractivity contribution in [3.63, 3.8) is 0 Å². The second-order valence-corrected chi connectivity index (χ2v) is 5.89. The average molecular weight is 251 g/mol. The summed E-state index contributed by atoms with van der Waals surface area (Å²) in [6.45, 7) is 1.98. The number of rotatable bonds is 4. The van der Waals surface area contributed by atoms with Gasteiger partial charge < -0.3 is 15.0 Å². The van der Waals surface area contributed by atoms with Gasteiger partial charge in [0.05, 0.1) is 5.54 Å². The highest BCUT2D eigenvalue weighted by atomic mass is 16.5. The molecular weight excluding hydrogens is 230 g/mol. The predicted molar refractivity (Wildman–Crippen MR) is 65.7 cm³/mol. The molecule has 2 N–H and O–H groups in total. The Morgan fingerprint density at radius 1 is 1.39 bits per heavy atom. The third-order valence-corrected chi connectivity index (χ3v) is 4.52. The number of methoxy groups -OCH3 is 1. The molecule has 1 atom stereocenters. The summed E-state index contributed by atoms with van der Waals surface area (Å²) in [5.41, 5.74) is 5.47. The van der Waals surface area contributed by atoms with Gasteiger partial charge in [0.25, 0.3) is 0 Å². The molecule has 0 amide bonds. The molecule has 1 aromatic heterocycles. The minimum absolute atomic E-state index is 0.346. The van der Waals surface area contributed by atoms with Crippen LogP contribution in [0.5, 0.6) is 0 Å². The van der Waals surface area contributed by atoms with Crippen LogP contribution < -0.4 is 5.73 Å². The van der Waals surface area contributed by atoms with Crippen LogP contribution in [-0.4, -0.2) is 17.3 Å². The van der Waals surface area contributed by atoms with E-state index in [4.69, 9.17) is 15.0 Å².